The Bertz CT molecular complexity index is 917. The molecule has 2 aromatic rings. The van der Waals surface area contributed by atoms with E-state index in [-0.39, 0.29) is 0 Å². The van der Waals surface area contributed by atoms with Crippen molar-refractivity contribution in [3.8, 4) is 0 Å². The molecule has 0 radical (unpaired) electrons. The summed E-state index contributed by atoms with van der Waals surface area (Å²) in [6.07, 6.45) is 20.4. The zero-order chi connectivity index (χ0) is 20.7. The quantitative estimate of drug-likeness (QED) is 0.481. The summed E-state index contributed by atoms with van der Waals surface area (Å²) >= 11 is 0. The van der Waals surface area contributed by atoms with E-state index in [2.05, 4.69) is 78.9 Å². The molecule has 1 heteroatoms. The number of fused-ring (bicyclic) bond motifs is 3. The summed E-state index contributed by atoms with van der Waals surface area (Å²) in [5.74, 6) is 4.00. The lowest BCUT2D eigenvalue weighted by Gasteiger charge is -2.49. The molecule has 160 valence electrons. The largest absolute Gasteiger partial charge is 0.147 e. The van der Waals surface area contributed by atoms with Crippen molar-refractivity contribution in [3.63, 3.8) is 0 Å². The van der Waals surface area contributed by atoms with Gasteiger partial charge >= 0.3 is 0 Å². The van der Waals surface area contributed by atoms with Crippen molar-refractivity contribution in [3.05, 3.63) is 84.1 Å². The van der Waals surface area contributed by atoms with Gasteiger partial charge in [-0.1, -0.05) is 116 Å². The first-order chi connectivity index (χ1) is 15.4. The van der Waals surface area contributed by atoms with Gasteiger partial charge in [0.05, 0.1) is 0 Å². The van der Waals surface area contributed by atoms with Gasteiger partial charge in [0.2, 0.25) is 0 Å². The Morgan fingerprint density at radius 1 is 0.645 bits per heavy atom. The average molecular weight is 425 g/mol. The van der Waals surface area contributed by atoms with Crippen LogP contribution in [0.4, 0.5) is 0 Å². The Morgan fingerprint density at radius 2 is 1.32 bits per heavy atom. The van der Waals surface area contributed by atoms with Crippen LogP contribution in [-0.4, -0.2) is 8.07 Å². The molecular weight excluding hydrogens is 388 g/mol. The molecule has 6 rings (SSSR count). The van der Waals surface area contributed by atoms with Crippen LogP contribution >= 0.6 is 0 Å². The van der Waals surface area contributed by atoms with Crippen LogP contribution in [0.3, 0.4) is 0 Å². The molecule has 0 saturated heterocycles. The molecule has 0 aliphatic heterocycles. The van der Waals surface area contributed by atoms with Crippen molar-refractivity contribution in [2.24, 2.45) is 23.7 Å². The lowest BCUT2D eigenvalue weighted by Crippen LogP contribution is -2.65. The zero-order valence-electron chi connectivity index (χ0n) is 18.8. The number of allylic oxidation sites excluding steroid dienone is 4. The van der Waals surface area contributed by atoms with Crippen LogP contribution in [0.1, 0.15) is 57.8 Å². The van der Waals surface area contributed by atoms with E-state index in [0.29, 0.717) is 0 Å². The van der Waals surface area contributed by atoms with Gasteiger partial charge in [-0.3, -0.25) is 0 Å². The Kier molecular flexibility index (Phi) is 5.26. The third kappa shape index (κ3) is 3.15. The molecule has 0 spiro atoms. The van der Waals surface area contributed by atoms with Crippen molar-refractivity contribution in [2.45, 2.75) is 63.3 Å². The second kappa shape index (κ2) is 8.24. The van der Waals surface area contributed by atoms with Gasteiger partial charge in [-0.25, -0.2) is 0 Å². The van der Waals surface area contributed by atoms with Gasteiger partial charge in [-0.2, -0.15) is 0 Å². The van der Waals surface area contributed by atoms with Crippen LogP contribution in [0.2, 0.25) is 5.54 Å². The van der Waals surface area contributed by atoms with Crippen LogP contribution in [0.5, 0.6) is 0 Å². The first-order valence-electron chi connectivity index (χ1n) is 12.9. The second-order valence-electron chi connectivity index (χ2n) is 10.7. The van der Waals surface area contributed by atoms with Gasteiger partial charge in [0.15, 0.2) is 0 Å². The molecule has 5 atom stereocenters. The third-order valence-corrected chi connectivity index (χ3v) is 15.2. The summed E-state index contributed by atoms with van der Waals surface area (Å²) in [4.78, 5) is 0. The Morgan fingerprint density at radius 3 is 2.00 bits per heavy atom. The molecule has 0 nitrogen and oxygen atoms in total. The third-order valence-electron chi connectivity index (χ3n) is 9.50. The highest BCUT2D eigenvalue weighted by Gasteiger charge is 2.57. The fourth-order valence-electron chi connectivity index (χ4n) is 8.50. The van der Waals surface area contributed by atoms with Crippen molar-refractivity contribution in [2.75, 3.05) is 0 Å². The van der Waals surface area contributed by atoms with Crippen LogP contribution < -0.4 is 10.4 Å². The van der Waals surface area contributed by atoms with E-state index in [9.17, 15) is 0 Å². The van der Waals surface area contributed by atoms with Gasteiger partial charge in [-0.05, 0) is 65.3 Å². The molecule has 4 aliphatic rings. The Labute approximate surface area is 189 Å². The van der Waals surface area contributed by atoms with Gasteiger partial charge in [0, 0.05) is 0 Å². The fraction of sp³-hybridized carbons (Fsp3) is 0.467. The topological polar surface area (TPSA) is 0 Å². The standard InChI is InChI=1S/C30H36Si/c1-3-13-24(14-4-1)31(26-17-8-9-18-26,25-15-5-2-6-16-25)30-21-11-20-28-27-19-10-7-12-23(27)22-29(28)30/h1-6,8-9,13-17,23,27-30H,7,10-12,18-22H2. The molecule has 0 heterocycles. The van der Waals surface area contributed by atoms with Crippen molar-refractivity contribution < 1.29 is 0 Å². The Hall–Kier alpha value is -1.86. The van der Waals surface area contributed by atoms with E-state index in [0.717, 1.165) is 35.6 Å². The predicted molar refractivity (Wildman–Crippen MR) is 134 cm³/mol. The lowest BCUT2D eigenvalue weighted by molar-refractivity contribution is 0.183. The highest BCUT2D eigenvalue weighted by molar-refractivity contribution is 7.08. The molecule has 0 aromatic heterocycles. The second-order valence-corrected chi connectivity index (χ2v) is 14.8. The Balaban J connectivity index is 1.54. The number of hydrogen-bond acceptors (Lipinski definition) is 0. The SMILES string of the molecule is C1=CCC([Si](c2ccccc2)(c2ccccc2)C2CCCC3C4CCCCC4CC32)=C1. The molecule has 3 saturated carbocycles. The van der Waals surface area contributed by atoms with Crippen molar-refractivity contribution in [1.29, 1.82) is 0 Å². The normalized spacial score (nSPS) is 32.4. The number of hydrogen-bond donors (Lipinski definition) is 0. The summed E-state index contributed by atoms with van der Waals surface area (Å²) in [7, 11) is -2.07. The number of rotatable bonds is 4. The highest BCUT2D eigenvalue weighted by atomic mass is 28.3. The zero-order valence-corrected chi connectivity index (χ0v) is 19.8. The minimum absolute atomic E-state index is 0.854. The van der Waals surface area contributed by atoms with E-state index in [4.69, 9.17) is 0 Å². The molecule has 31 heavy (non-hydrogen) atoms. The van der Waals surface area contributed by atoms with Crippen LogP contribution in [0.25, 0.3) is 0 Å². The number of benzene rings is 2. The summed E-state index contributed by atoms with van der Waals surface area (Å²) in [6.45, 7) is 0. The molecule has 0 N–H and O–H groups in total. The van der Waals surface area contributed by atoms with E-state index in [1.807, 2.05) is 0 Å². The molecule has 3 fully saturated rings. The molecule has 4 aliphatic carbocycles. The van der Waals surface area contributed by atoms with Crippen LogP contribution in [0, 0.1) is 23.7 Å². The fourth-order valence-corrected chi connectivity index (χ4v) is 14.8. The van der Waals surface area contributed by atoms with Gasteiger partial charge in [0.1, 0.15) is 8.07 Å². The van der Waals surface area contributed by atoms with Crippen LogP contribution in [0.15, 0.2) is 84.1 Å². The first kappa shape index (κ1) is 19.8. The molecule has 0 amide bonds. The van der Waals surface area contributed by atoms with Gasteiger partial charge < -0.3 is 0 Å². The van der Waals surface area contributed by atoms with Crippen molar-refractivity contribution >= 4 is 18.4 Å². The van der Waals surface area contributed by atoms with Crippen LogP contribution in [-0.2, 0) is 0 Å². The molecule has 2 aromatic carbocycles. The minimum Gasteiger partial charge on any atom is -0.0808 e. The average Bonchev–Trinajstić information content (AvgIpc) is 3.50. The maximum absolute atomic E-state index is 2.53. The van der Waals surface area contributed by atoms with E-state index in [1.54, 1.807) is 15.6 Å². The first-order valence-corrected chi connectivity index (χ1v) is 14.9. The maximum Gasteiger partial charge on any atom is 0.147 e. The van der Waals surface area contributed by atoms with Gasteiger partial charge in [-0.15, -0.1) is 0 Å². The van der Waals surface area contributed by atoms with Gasteiger partial charge in [0.25, 0.3) is 0 Å². The molecule has 5 unspecified atom stereocenters. The smallest absolute Gasteiger partial charge is 0.0808 e. The predicted octanol–water partition coefficient (Wildman–Crippen LogP) is 6.67. The minimum atomic E-state index is -2.07. The van der Waals surface area contributed by atoms with Crippen molar-refractivity contribution in [1.82, 2.24) is 0 Å². The summed E-state index contributed by atoms with van der Waals surface area (Å²) < 4.78 is 0. The molecular formula is C30H36Si. The van der Waals surface area contributed by atoms with E-state index < -0.39 is 8.07 Å². The van der Waals surface area contributed by atoms with E-state index >= 15 is 0 Å². The maximum atomic E-state index is 2.53. The van der Waals surface area contributed by atoms with E-state index in [1.165, 1.54) is 51.4 Å². The molecule has 0 bridgehead atoms. The summed E-state index contributed by atoms with van der Waals surface area (Å²) in [6, 6.07) is 23.6. The lowest BCUT2D eigenvalue weighted by atomic mass is 9.73. The summed E-state index contributed by atoms with van der Waals surface area (Å²) in [5, 5.41) is 5.10. The highest BCUT2D eigenvalue weighted by Crippen LogP contribution is 2.60. The summed E-state index contributed by atoms with van der Waals surface area (Å²) in [5.41, 5.74) is 0.854. The monoisotopic (exact) mass is 424 g/mol.